The van der Waals surface area contributed by atoms with Gasteiger partial charge in [0.15, 0.2) is 0 Å². The van der Waals surface area contributed by atoms with E-state index in [1.807, 2.05) is 30.3 Å². The molecule has 172 valence electrons. The van der Waals surface area contributed by atoms with Crippen LogP contribution in [0.3, 0.4) is 0 Å². The van der Waals surface area contributed by atoms with Gasteiger partial charge in [0.2, 0.25) is 5.95 Å². The van der Waals surface area contributed by atoms with E-state index in [9.17, 15) is 14.7 Å². The number of hydrogen-bond acceptors (Lipinski definition) is 7. The minimum Gasteiger partial charge on any atom is -0.478 e. The van der Waals surface area contributed by atoms with Crippen molar-refractivity contribution in [3.05, 3.63) is 82.9 Å². The summed E-state index contributed by atoms with van der Waals surface area (Å²) in [5, 5.41) is 13.0. The van der Waals surface area contributed by atoms with E-state index in [-0.39, 0.29) is 28.0 Å². The average molecular weight is 457 g/mol. The molecule has 0 radical (unpaired) electrons. The fourth-order valence-electron chi connectivity index (χ4n) is 4.07. The Morgan fingerprint density at radius 2 is 1.68 bits per heavy atom. The Morgan fingerprint density at radius 3 is 2.35 bits per heavy atom. The molecule has 0 bridgehead atoms. The highest BCUT2D eigenvalue weighted by Crippen LogP contribution is 2.22. The van der Waals surface area contributed by atoms with Gasteiger partial charge in [0.25, 0.3) is 5.56 Å². The molecular weight excluding hydrogens is 432 g/mol. The van der Waals surface area contributed by atoms with Crippen LogP contribution in [0.5, 0.6) is 0 Å². The zero-order valence-electron chi connectivity index (χ0n) is 18.7. The predicted octanol–water partition coefficient (Wildman–Crippen LogP) is 2.97. The van der Waals surface area contributed by atoms with Crippen LogP contribution in [-0.2, 0) is 0 Å². The van der Waals surface area contributed by atoms with Gasteiger partial charge < -0.3 is 20.2 Å². The number of para-hydroxylation sites is 1. The first-order valence-corrected chi connectivity index (χ1v) is 11.0. The van der Waals surface area contributed by atoms with Crippen molar-refractivity contribution in [1.29, 1.82) is 0 Å². The average Bonchev–Trinajstić information content (AvgIpc) is 2.86. The fraction of sp³-hybridized carbons (Fsp3) is 0.200. The number of piperazine rings is 1. The topological polar surface area (TPSA) is 104 Å². The normalized spacial score (nSPS) is 14.3. The van der Waals surface area contributed by atoms with Gasteiger partial charge in [0, 0.05) is 55.6 Å². The quantitative estimate of drug-likeness (QED) is 0.473. The van der Waals surface area contributed by atoms with Crippen LogP contribution in [0.1, 0.15) is 10.4 Å². The highest BCUT2D eigenvalue weighted by molar-refractivity contribution is 6.01. The lowest BCUT2D eigenvalue weighted by atomic mass is 10.2. The first kappa shape index (κ1) is 21.6. The number of fused-ring (bicyclic) bond motifs is 1. The molecule has 0 spiro atoms. The van der Waals surface area contributed by atoms with Crippen LogP contribution in [0.15, 0.2) is 71.8 Å². The number of carbonyl (C=O) groups is 1. The Hall–Kier alpha value is -4.24. The molecule has 1 fully saturated rings. The molecule has 3 heterocycles. The molecule has 1 aliphatic rings. The summed E-state index contributed by atoms with van der Waals surface area (Å²) < 4.78 is 1.30. The lowest BCUT2D eigenvalue weighted by molar-refractivity contribution is 0.0698. The molecule has 1 saturated heterocycles. The second kappa shape index (κ2) is 8.95. The molecule has 9 nitrogen and oxygen atoms in total. The third-order valence-electron chi connectivity index (χ3n) is 6.01. The number of nitrogens with zero attached hydrogens (tertiary/aromatic N) is 5. The second-order valence-electron chi connectivity index (χ2n) is 8.28. The zero-order valence-corrected chi connectivity index (χ0v) is 18.7. The summed E-state index contributed by atoms with van der Waals surface area (Å²) in [6.45, 7) is 4.02. The van der Waals surface area contributed by atoms with Gasteiger partial charge in [-0.3, -0.25) is 9.36 Å². The van der Waals surface area contributed by atoms with Crippen molar-refractivity contribution in [3.63, 3.8) is 0 Å². The number of benzene rings is 2. The Labute approximate surface area is 195 Å². The summed E-state index contributed by atoms with van der Waals surface area (Å²) in [5.74, 6) is -0.949. The Morgan fingerprint density at radius 1 is 0.971 bits per heavy atom. The Bertz CT molecular complexity index is 1390. The maximum atomic E-state index is 13.0. The van der Waals surface area contributed by atoms with Crippen molar-refractivity contribution in [1.82, 2.24) is 19.4 Å². The summed E-state index contributed by atoms with van der Waals surface area (Å²) in [7, 11) is 2.13. The lowest BCUT2D eigenvalue weighted by Crippen LogP contribution is -2.44. The van der Waals surface area contributed by atoms with E-state index in [1.165, 1.54) is 17.0 Å². The van der Waals surface area contributed by atoms with E-state index in [0.29, 0.717) is 5.69 Å². The van der Waals surface area contributed by atoms with Gasteiger partial charge in [-0.1, -0.05) is 18.2 Å². The molecule has 0 saturated carbocycles. The molecule has 34 heavy (non-hydrogen) atoms. The molecule has 0 unspecified atom stereocenters. The fourth-order valence-corrected chi connectivity index (χ4v) is 4.07. The minimum absolute atomic E-state index is 0.0747. The standard InChI is InChI=1S/C25H24N6O3/c1-29-11-13-30(14-12-29)18-9-7-17(8-10-18)27-25-26-15-20-22(28-25)21(24(33)34)16-31(23(20)32)19-5-3-2-4-6-19/h2-10,15-16H,11-14H2,1H3,(H,33,34)(H,26,27,28). The molecule has 0 amide bonds. The van der Waals surface area contributed by atoms with Gasteiger partial charge in [-0.15, -0.1) is 0 Å². The SMILES string of the molecule is CN1CCN(c2ccc(Nc3ncc4c(=O)n(-c5ccccc5)cc(C(=O)O)c4n3)cc2)CC1. The first-order chi connectivity index (χ1) is 16.5. The molecule has 1 aliphatic heterocycles. The van der Waals surface area contributed by atoms with E-state index in [0.717, 1.165) is 37.6 Å². The number of pyridine rings is 1. The van der Waals surface area contributed by atoms with Crippen LogP contribution in [0.25, 0.3) is 16.6 Å². The number of anilines is 3. The number of hydrogen-bond donors (Lipinski definition) is 2. The third kappa shape index (κ3) is 4.20. The predicted molar refractivity (Wildman–Crippen MR) is 132 cm³/mol. The monoisotopic (exact) mass is 456 g/mol. The van der Waals surface area contributed by atoms with Gasteiger partial charge in [-0.2, -0.15) is 0 Å². The van der Waals surface area contributed by atoms with Crippen molar-refractivity contribution in [3.8, 4) is 5.69 Å². The maximum absolute atomic E-state index is 13.0. The van der Waals surface area contributed by atoms with Crippen LogP contribution in [0.2, 0.25) is 0 Å². The van der Waals surface area contributed by atoms with Crippen molar-refractivity contribution in [2.75, 3.05) is 43.4 Å². The number of likely N-dealkylation sites (N-methyl/N-ethyl adjacent to an activating group) is 1. The minimum atomic E-state index is -1.17. The number of carboxylic acid groups (broad SMARTS) is 1. The van der Waals surface area contributed by atoms with E-state index in [4.69, 9.17) is 0 Å². The number of aromatic nitrogens is 3. The van der Waals surface area contributed by atoms with Crippen LogP contribution in [-0.4, -0.2) is 63.7 Å². The van der Waals surface area contributed by atoms with Gasteiger partial charge in [-0.05, 0) is 43.4 Å². The summed E-state index contributed by atoms with van der Waals surface area (Å²) in [4.78, 5) is 38.3. The molecule has 9 heteroatoms. The third-order valence-corrected chi connectivity index (χ3v) is 6.01. The maximum Gasteiger partial charge on any atom is 0.339 e. The van der Waals surface area contributed by atoms with Crippen molar-refractivity contribution in [2.24, 2.45) is 0 Å². The van der Waals surface area contributed by atoms with E-state index >= 15 is 0 Å². The molecule has 0 aliphatic carbocycles. The molecule has 0 atom stereocenters. The van der Waals surface area contributed by atoms with Gasteiger partial charge in [-0.25, -0.2) is 14.8 Å². The summed E-state index contributed by atoms with van der Waals surface area (Å²) >= 11 is 0. The van der Waals surface area contributed by atoms with Crippen LogP contribution in [0, 0.1) is 0 Å². The highest BCUT2D eigenvalue weighted by atomic mass is 16.4. The van der Waals surface area contributed by atoms with Crippen molar-refractivity contribution >= 4 is 34.2 Å². The number of carboxylic acids is 1. The molecule has 2 N–H and O–H groups in total. The Kier molecular flexibility index (Phi) is 5.69. The first-order valence-electron chi connectivity index (χ1n) is 11.0. The van der Waals surface area contributed by atoms with Crippen LogP contribution >= 0.6 is 0 Å². The number of aromatic carboxylic acids is 1. The van der Waals surface area contributed by atoms with Gasteiger partial charge >= 0.3 is 5.97 Å². The zero-order chi connectivity index (χ0) is 23.7. The summed E-state index contributed by atoms with van der Waals surface area (Å²) in [6, 6.07) is 16.8. The van der Waals surface area contributed by atoms with Gasteiger partial charge in [0.1, 0.15) is 5.56 Å². The van der Waals surface area contributed by atoms with E-state index in [1.54, 1.807) is 24.3 Å². The lowest BCUT2D eigenvalue weighted by Gasteiger charge is -2.34. The molecule has 2 aromatic heterocycles. The molecule has 5 rings (SSSR count). The van der Waals surface area contributed by atoms with Crippen molar-refractivity contribution in [2.45, 2.75) is 0 Å². The Balaban J connectivity index is 1.45. The molecular formula is C25H24N6O3. The summed E-state index contributed by atoms with van der Waals surface area (Å²) in [6.07, 6.45) is 2.68. The number of nitrogens with one attached hydrogen (secondary N) is 1. The highest BCUT2D eigenvalue weighted by Gasteiger charge is 2.18. The second-order valence-corrected chi connectivity index (χ2v) is 8.28. The smallest absolute Gasteiger partial charge is 0.339 e. The van der Waals surface area contributed by atoms with E-state index < -0.39 is 5.97 Å². The number of rotatable bonds is 5. The van der Waals surface area contributed by atoms with Crippen LogP contribution < -0.4 is 15.8 Å². The summed E-state index contributed by atoms with van der Waals surface area (Å²) in [5.41, 5.74) is 2.12. The van der Waals surface area contributed by atoms with Gasteiger partial charge in [0.05, 0.1) is 10.9 Å². The molecule has 2 aromatic carbocycles. The largest absolute Gasteiger partial charge is 0.478 e. The van der Waals surface area contributed by atoms with Crippen molar-refractivity contribution < 1.29 is 9.90 Å². The molecule has 4 aromatic rings. The van der Waals surface area contributed by atoms with Crippen LogP contribution in [0.4, 0.5) is 17.3 Å². The van der Waals surface area contributed by atoms with E-state index in [2.05, 4.69) is 32.1 Å².